The first-order chi connectivity index (χ1) is 9.28. The van der Waals surface area contributed by atoms with Crippen LogP contribution in [0.5, 0.6) is 0 Å². The molecule has 1 heterocycles. The zero-order valence-electron chi connectivity index (χ0n) is 11.4. The normalized spacial score (nSPS) is 11.4. The zero-order valence-corrected chi connectivity index (χ0v) is 12.2. The van der Waals surface area contributed by atoms with Gasteiger partial charge in [0.05, 0.1) is 5.56 Å². The van der Waals surface area contributed by atoms with Crippen LogP contribution in [-0.2, 0) is 4.74 Å². The Kier molecular flexibility index (Phi) is 3.90. The summed E-state index contributed by atoms with van der Waals surface area (Å²) in [6, 6.07) is 3.56. The second-order valence-electron chi connectivity index (χ2n) is 5.33. The SMILES string of the molecule is CC(C)(C)OC(=O)c1cscc1-c1ccc(F)c(F)c1. The molecule has 0 aliphatic heterocycles. The predicted molar refractivity (Wildman–Crippen MR) is 74.8 cm³/mol. The van der Waals surface area contributed by atoms with E-state index in [2.05, 4.69) is 0 Å². The maximum atomic E-state index is 13.3. The van der Waals surface area contributed by atoms with Crippen LogP contribution in [0.15, 0.2) is 29.0 Å². The first-order valence-electron chi connectivity index (χ1n) is 6.03. The van der Waals surface area contributed by atoms with Crippen LogP contribution < -0.4 is 0 Å². The number of carbonyl (C=O) groups is 1. The van der Waals surface area contributed by atoms with Crippen LogP contribution in [0.1, 0.15) is 31.1 Å². The Labute approximate surface area is 120 Å². The van der Waals surface area contributed by atoms with Gasteiger partial charge in [-0.15, -0.1) is 0 Å². The molecule has 5 heteroatoms. The highest BCUT2D eigenvalue weighted by atomic mass is 32.1. The molecule has 1 aromatic heterocycles. The number of hydrogen-bond acceptors (Lipinski definition) is 3. The van der Waals surface area contributed by atoms with Crippen molar-refractivity contribution in [2.24, 2.45) is 0 Å². The number of hydrogen-bond donors (Lipinski definition) is 0. The van der Waals surface area contributed by atoms with Crippen molar-refractivity contribution in [1.82, 2.24) is 0 Å². The minimum Gasteiger partial charge on any atom is -0.456 e. The van der Waals surface area contributed by atoms with E-state index in [1.807, 2.05) is 0 Å². The molecular formula is C15H14F2O2S. The van der Waals surface area contributed by atoms with Gasteiger partial charge in [-0.1, -0.05) is 6.07 Å². The number of halogens is 2. The van der Waals surface area contributed by atoms with Crippen molar-refractivity contribution in [3.63, 3.8) is 0 Å². The Balaban J connectivity index is 2.37. The molecule has 0 unspecified atom stereocenters. The maximum absolute atomic E-state index is 13.3. The lowest BCUT2D eigenvalue weighted by molar-refractivity contribution is 0.00710. The molecule has 0 bridgehead atoms. The highest BCUT2D eigenvalue weighted by Gasteiger charge is 2.22. The molecule has 0 saturated carbocycles. The maximum Gasteiger partial charge on any atom is 0.340 e. The van der Waals surface area contributed by atoms with E-state index < -0.39 is 23.2 Å². The Morgan fingerprint density at radius 1 is 1.15 bits per heavy atom. The molecule has 0 N–H and O–H groups in total. The zero-order chi connectivity index (χ0) is 14.9. The van der Waals surface area contributed by atoms with Crippen molar-refractivity contribution in [1.29, 1.82) is 0 Å². The van der Waals surface area contributed by atoms with Crippen LogP contribution in [-0.4, -0.2) is 11.6 Å². The second-order valence-corrected chi connectivity index (χ2v) is 6.07. The molecule has 0 radical (unpaired) electrons. The average Bonchev–Trinajstić information content (AvgIpc) is 2.79. The van der Waals surface area contributed by atoms with Crippen LogP contribution in [0.2, 0.25) is 0 Å². The molecule has 0 fully saturated rings. The lowest BCUT2D eigenvalue weighted by Gasteiger charge is -2.19. The van der Waals surface area contributed by atoms with Crippen LogP contribution in [0, 0.1) is 11.6 Å². The highest BCUT2D eigenvalue weighted by molar-refractivity contribution is 7.08. The van der Waals surface area contributed by atoms with Crippen molar-refractivity contribution in [2.75, 3.05) is 0 Å². The molecule has 2 rings (SSSR count). The van der Waals surface area contributed by atoms with E-state index in [9.17, 15) is 13.6 Å². The predicted octanol–water partition coefficient (Wildman–Crippen LogP) is 4.65. The van der Waals surface area contributed by atoms with Crippen molar-refractivity contribution in [2.45, 2.75) is 26.4 Å². The minimum absolute atomic E-state index is 0.357. The van der Waals surface area contributed by atoms with Gasteiger partial charge < -0.3 is 4.74 Å². The molecule has 1 aromatic carbocycles. The van der Waals surface area contributed by atoms with Crippen molar-refractivity contribution in [3.05, 3.63) is 46.2 Å². The average molecular weight is 296 g/mol. The summed E-state index contributed by atoms with van der Waals surface area (Å²) in [5, 5.41) is 3.36. The molecule has 0 aliphatic rings. The number of thiophene rings is 1. The van der Waals surface area contributed by atoms with Crippen LogP contribution in [0.4, 0.5) is 8.78 Å². The van der Waals surface area contributed by atoms with E-state index >= 15 is 0 Å². The Hall–Kier alpha value is -1.75. The van der Waals surface area contributed by atoms with Gasteiger partial charge in [0, 0.05) is 10.9 Å². The molecule has 2 aromatic rings. The molecule has 0 aliphatic carbocycles. The fourth-order valence-electron chi connectivity index (χ4n) is 1.68. The topological polar surface area (TPSA) is 26.3 Å². The van der Waals surface area contributed by atoms with Crippen LogP contribution >= 0.6 is 11.3 Å². The number of ether oxygens (including phenoxy) is 1. The molecule has 0 atom stereocenters. The molecule has 106 valence electrons. The van der Waals surface area contributed by atoms with Crippen molar-refractivity contribution < 1.29 is 18.3 Å². The smallest absolute Gasteiger partial charge is 0.340 e. The molecule has 0 saturated heterocycles. The van der Waals surface area contributed by atoms with Gasteiger partial charge in [0.2, 0.25) is 0 Å². The standard InChI is InChI=1S/C15H14F2O2S/c1-15(2,3)19-14(18)11-8-20-7-10(11)9-4-5-12(16)13(17)6-9/h4-8H,1-3H3. The summed E-state index contributed by atoms with van der Waals surface area (Å²) in [5.74, 6) is -2.33. The van der Waals surface area contributed by atoms with Gasteiger partial charge in [0.1, 0.15) is 5.60 Å². The number of rotatable bonds is 2. The minimum atomic E-state index is -0.941. The first kappa shape index (κ1) is 14.7. The summed E-state index contributed by atoms with van der Waals surface area (Å²) >= 11 is 1.31. The summed E-state index contributed by atoms with van der Waals surface area (Å²) < 4.78 is 31.5. The van der Waals surface area contributed by atoms with E-state index in [0.29, 0.717) is 16.7 Å². The summed E-state index contributed by atoms with van der Waals surface area (Å²) in [4.78, 5) is 12.1. The van der Waals surface area contributed by atoms with Crippen molar-refractivity contribution >= 4 is 17.3 Å². The van der Waals surface area contributed by atoms with Crippen molar-refractivity contribution in [3.8, 4) is 11.1 Å². The van der Waals surface area contributed by atoms with Crippen LogP contribution in [0.25, 0.3) is 11.1 Å². The second kappa shape index (κ2) is 5.32. The van der Waals surface area contributed by atoms with E-state index in [1.54, 1.807) is 31.5 Å². The summed E-state index contributed by atoms with van der Waals surface area (Å²) in [6.07, 6.45) is 0. The van der Waals surface area contributed by atoms with Gasteiger partial charge >= 0.3 is 5.97 Å². The van der Waals surface area contributed by atoms with Gasteiger partial charge in [-0.05, 0) is 43.8 Å². The van der Waals surface area contributed by atoms with Crippen LogP contribution in [0.3, 0.4) is 0 Å². The summed E-state index contributed by atoms with van der Waals surface area (Å²) in [5.41, 5.74) is 0.745. The van der Waals surface area contributed by atoms with E-state index in [0.717, 1.165) is 12.1 Å². The Morgan fingerprint density at radius 2 is 1.85 bits per heavy atom. The fraction of sp³-hybridized carbons (Fsp3) is 0.267. The largest absolute Gasteiger partial charge is 0.456 e. The van der Waals surface area contributed by atoms with E-state index in [4.69, 9.17) is 4.74 Å². The number of esters is 1. The van der Waals surface area contributed by atoms with Gasteiger partial charge in [-0.25, -0.2) is 13.6 Å². The molecule has 0 amide bonds. The Morgan fingerprint density at radius 3 is 2.45 bits per heavy atom. The van der Waals surface area contributed by atoms with Gasteiger partial charge in [-0.3, -0.25) is 0 Å². The lowest BCUT2D eigenvalue weighted by atomic mass is 10.0. The van der Waals surface area contributed by atoms with E-state index in [1.165, 1.54) is 17.4 Å². The first-order valence-corrected chi connectivity index (χ1v) is 6.97. The Bertz CT molecular complexity index is 642. The van der Waals surface area contributed by atoms with Gasteiger partial charge in [-0.2, -0.15) is 11.3 Å². The molecule has 2 nitrogen and oxygen atoms in total. The number of benzene rings is 1. The summed E-state index contributed by atoms with van der Waals surface area (Å²) in [6.45, 7) is 5.32. The monoisotopic (exact) mass is 296 g/mol. The number of carbonyl (C=O) groups excluding carboxylic acids is 1. The lowest BCUT2D eigenvalue weighted by Crippen LogP contribution is -2.23. The highest BCUT2D eigenvalue weighted by Crippen LogP contribution is 2.30. The third-order valence-corrected chi connectivity index (χ3v) is 3.25. The molecular weight excluding hydrogens is 282 g/mol. The third-order valence-electron chi connectivity index (χ3n) is 2.51. The molecule has 20 heavy (non-hydrogen) atoms. The molecule has 0 spiro atoms. The third kappa shape index (κ3) is 3.22. The summed E-state index contributed by atoms with van der Waals surface area (Å²) in [7, 11) is 0. The van der Waals surface area contributed by atoms with E-state index in [-0.39, 0.29) is 0 Å². The van der Waals surface area contributed by atoms with Gasteiger partial charge in [0.15, 0.2) is 11.6 Å². The van der Waals surface area contributed by atoms with Gasteiger partial charge in [0.25, 0.3) is 0 Å². The quantitative estimate of drug-likeness (QED) is 0.754. The fourth-order valence-corrected chi connectivity index (χ4v) is 2.50.